The van der Waals surface area contributed by atoms with Crippen molar-refractivity contribution in [3.05, 3.63) is 101 Å². The van der Waals surface area contributed by atoms with Crippen LogP contribution in [0, 0.1) is 12.7 Å². The van der Waals surface area contributed by atoms with Crippen molar-refractivity contribution in [2.75, 3.05) is 31.5 Å². The Morgan fingerprint density at radius 3 is 2.15 bits per heavy atom. The molecule has 0 saturated heterocycles. The van der Waals surface area contributed by atoms with Crippen molar-refractivity contribution >= 4 is 27.7 Å². The van der Waals surface area contributed by atoms with Crippen LogP contribution in [0.15, 0.2) is 78.9 Å². The Bertz CT molecular complexity index is 1400. The molecule has 0 aliphatic carbocycles. The summed E-state index contributed by atoms with van der Waals surface area (Å²) in [7, 11) is -1.63. The van der Waals surface area contributed by atoms with Gasteiger partial charge in [0.2, 0.25) is 11.8 Å². The van der Waals surface area contributed by atoms with Gasteiger partial charge in [0.15, 0.2) is 0 Å². The molecule has 0 aromatic heterocycles. The third kappa shape index (κ3) is 8.61. The van der Waals surface area contributed by atoms with Gasteiger partial charge in [0.25, 0.3) is 0 Å². The van der Waals surface area contributed by atoms with Gasteiger partial charge in [0.1, 0.15) is 18.4 Å². The van der Waals surface area contributed by atoms with Gasteiger partial charge >= 0.3 is 10.2 Å². The average Bonchev–Trinajstić information content (AvgIpc) is 2.95. The predicted octanol–water partition coefficient (Wildman–Crippen LogP) is 4.30. The number of anilines is 1. The largest absolute Gasteiger partial charge is 0.354 e. The Labute approximate surface area is 243 Å². The van der Waals surface area contributed by atoms with E-state index in [0.29, 0.717) is 6.54 Å². The molecule has 0 fully saturated rings. The molecule has 1 N–H and O–H groups in total. The van der Waals surface area contributed by atoms with E-state index >= 15 is 0 Å². The summed E-state index contributed by atoms with van der Waals surface area (Å²) in [5, 5.41) is 2.94. The molecule has 2 amide bonds. The Morgan fingerprint density at radius 2 is 1.54 bits per heavy atom. The molecule has 0 aliphatic heterocycles. The molecule has 3 rings (SSSR count). The summed E-state index contributed by atoms with van der Waals surface area (Å²) in [5.74, 6) is -1.75. The number of para-hydroxylation sites is 1. The fraction of sp³-hybridized carbons (Fsp3) is 0.355. The number of benzene rings is 3. The van der Waals surface area contributed by atoms with Crippen LogP contribution in [0.3, 0.4) is 0 Å². The molecule has 1 atom stereocenters. The van der Waals surface area contributed by atoms with E-state index in [9.17, 15) is 22.4 Å². The van der Waals surface area contributed by atoms with E-state index in [1.807, 2.05) is 68.4 Å². The van der Waals surface area contributed by atoms with Gasteiger partial charge in [-0.05, 0) is 36.6 Å². The number of halogens is 1. The van der Waals surface area contributed by atoms with Crippen molar-refractivity contribution in [1.82, 2.24) is 14.5 Å². The number of hydrogen-bond donors (Lipinski definition) is 1. The number of nitrogens with zero attached hydrogens (tertiary/aromatic N) is 3. The van der Waals surface area contributed by atoms with Gasteiger partial charge in [0.05, 0.1) is 5.69 Å². The first-order chi connectivity index (χ1) is 19.5. The molecule has 0 unspecified atom stereocenters. The number of rotatable bonds is 14. The van der Waals surface area contributed by atoms with Crippen LogP contribution in [0.25, 0.3) is 0 Å². The fourth-order valence-electron chi connectivity index (χ4n) is 4.31. The molecule has 10 heteroatoms. The van der Waals surface area contributed by atoms with Crippen LogP contribution in [-0.2, 0) is 32.8 Å². The molecular formula is C31H39FN4O4S. The van der Waals surface area contributed by atoms with Crippen LogP contribution < -0.4 is 9.62 Å². The van der Waals surface area contributed by atoms with E-state index in [4.69, 9.17) is 0 Å². The third-order valence-corrected chi connectivity index (χ3v) is 8.52. The summed E-state index contributed by atoms with van der Waals surface area (Å²) in [6, 6.07) is 21.4. The first kappa shape index (κ1) is 31.8. The van der Waals surface area contributed by atoms with E-state index in [1.165, 1.54) is 37.2 Å². The number of nitrogens with one attached hydrogen (secondary N) is 1. The molecule has 0 saturated carbocycles. The molecule has 0 spiro atoms. The number of amides is 2. The first-order valence-corrected chi connectivity index (χ1v) is 15.1. The van der Waals surface area contributed by atoms with Crippen molar-refractivity contribution in [2.45, 2.75) is 45.7 Å². The van der Waals surface area contributed by atoms with Gasteiger partial charge in [-0.3, -0.25) is 9.59 Å². The van der Waals surface area contributed by atoms with Gasteiger partial charge in [-0.2, -0.15) is 12.7 Å². The van der Waals surface area contributed by atoms with Crippen LogP contribution in [0.4, 0.5) is 10.1 Å². The quantitative estimate of drug-likeness (QED) is 0.287. The zero-order valence-electron chi connectivity index (χ0n) is 24.1. The minimum Gasteiger partial charge on any atom is -0.354 e. The predicted molar refractivity (Wildman–Crippen MR) is 160 cm³/mol. The molecule has 220 valence electrons. The lowest BCUT2D eigenvalue weighted by Crippen LogP contribution is -2.54. The lowest BCUT2D eigenvalue weighted by atomic mass is 10.0. The maximum Gasteiger partial charge on any atom is 0.304 e. The standard InChI is InChI=1S/C31H39FN4O4S/c1-5-6-20-33-31(38)29(21-25-12-8-7-9-13-25)35(22-26-18-16-24(2)17-19-26)30(37)23-36(41(39,40)34(3)4)28-15-11-10-14-27(28)32/h7-19,29H,5-6,20-23H2,1-4H3,(H,33,38)/t29-/m0/s1. The van der Waals surface area contributed by atoms with Gasteiger partial charge in [-0.15, -0.1) is 0 Å². The van der Waals surface area contributed by atoms with Crippen molar-refractivity contribution in [3.8, 4) is 0 Å². The van der Waals surface area contributed by atoms with E-state index in [1.54, 1.807) is 0 Å². The lowest BCUT2D eigenvalue weighted by Gasteiger charge is -2.34. The minimum atomic E-state index is -4.27. The van der Waals surface area contributed by atoms with Crippen molar-refractivity contribution in [3.63, 3.8) is 0 Å². The molecule has 0 bridgehead atoms. The van der Waals surface area contributed by atoms with Crippen molar-refractivity contribution in [2.24, 2.45) is 0 Å². The lowest BCUT2D eigenvalue weighted by molar-refractivity contribution is -0.140. The van der Waals surface area contributed by atoms with Crippen molar-refractivity contribution in [1.29, 1.82) is 0 Å². The first-order valence-electron chi connectivity index (χ1n) is 13.7. The fourth-order valence-corrected chi connectivity index (χ4v) is 5.37. The van der Waals surface area contributed by atoms with Gasteiger partial charge < -0.3 is 10.2 Å². The Morgan fingerprint density at radius 1 is 0.902 bits per heavy atom. The number of unbranched alkanes of at least 4 members (excludes halogenated alkanes) is 1. The smallest absolute Gasteiger partial charge is 0.304 e. The highest BCUT2D eigenvalue weighted by Gasteiger charge is 2.35. The summed E-state index contributed by atoms with van der Waals surface area (Å²) in [6.07, 6.45) is 1.88. The van der Waals surface area contributed by atoms with Crippen LogP contribution in [0.5, 0.6) is 0 Å². The second-order valence-corrected chi connectivity index (χ2v) is 12.2. The summed E-state index contributed by atoms with van der Waals surface area (Å²) in [4.78, 5) is 29.2. The number of hydrogen-bond acceptors (Lipinski definition) is 4. The van der Waals surface area contributed by atoms with Gasteiger partial charge in [-0.25, -0.2) is 8.70 Å². The zero-order chi connectivity index (χ0) is 30.0. The summed E-state index contributed by atoms with van der Waals surface area (Å²) in [5.41, 5.74) is 2.40. The Hall–Kier alpha value is -3.76. The number of carbonyl (C=O) groups excluding carboxylic acids is 2. The average molecular weight is 583 g/mol. The number of aryl methyl sites for hydroxylation is 1. The van der Waals surface area contributed by atoms with E-state index in [-0.39, 0.29) is 24.6 Å². The van der Waals surface area contributed by atoms with E-state index in [0.717, 1.165) is 44.2 Å². The summed E-state index contributed by atoms with van der Waals surface area (Å²) >= 11 is 0. The minimum absolute atomic E-state index is 0.0605. The highest BCUT2D eigenvalue weighted by atomic mass is 32.2. The topological polar surface area (TPSA) is 90.0 Å². The van der Waals surface area contributed by atoms with E-state index in [2.05, 4.69) is 5.32 Å². The maximum atomic E-state index is 14.9. The van der Waals surface area contributed by atoms with Gasteiger partial charge in [-0.1, -0.05) is 85.6 Å². The number of carbonyl (C=O) groups is 2. The van der Waals surface area contributed by atoms with Crippen LogP contribution >= 0.6 is 0 Å². The molecule has 3 aromatic rings. The van der Waals surface area contributed by atoms with Crippen molar-refractivity contribution < 1.29 is 22.4 Å². The summed E-state index contributed by atoms with van der Waals surface area (Å²) < 4.78 is 43.3. The third-order valence-electron chi connectivity index (χ3n) is 6.71. The van der Waals surface area contributed by atoms with Crippen LogP contribution in [0.1, 0.15) is 36.5 Å². The van der Waals surface area contributed by atoms with Crippen LogP contribution in [-0.4, -0.2) is 62.7 Å². The second-order valence-electron chi connectivity index (χ2n) is 10.1. The monoisotopic (exact) mass is 582 g/mol. The molecular weight excluding hydrogens is 543 g/mol. The molecule has 41 heavy (non-hydrogen) atoms. The Kier molecular flexibility index (Phi) is 11.4. The second kappa shape index (κ2) is 14.7. The maximum absolute atomic E-state index is 14.9. The molecule has 8 nitrogen and oxygen atoms in total. The molecule has 0 radical (unpaired) electrons. The van der Waals surface area contributed by atoms with E-state index < -0.39 is 34.5 Å². The highest BCUT2D eigenvalue weighted by Crippen LogP contribution is 2.24. The Balaban J connectivity index is 2.08. The van der Waals surface area contributed by atoms with Crippen LogP contribution in [0.2, 0.25) is 0 Å². The zero-order valence-corrected chi connectivity index (χ0v) is 24.9. The molecule has 0 aliphatic rings. The molecule has 0 heterocycles. The normalized spacial score (nSPS) is 12.1. The SMILES string of the molecule is CCCCNC(=O)[C@H](Cc1ccccc1)N(Cc1ccc(C)cc1)C(=O)CN(c1ccccc1F)S(=O)(=O)N(C)C. The van der Waals surface area contributed by atoms with Gasteiger partial charge in [0, 0.05) is 33.6 Å². The summed E-state index contributed by atoms with van der Waals surface area (Å²) in [6.45, 7) is 3.78. The molecule has 3 aromatic carbocycles. The highest BCUT2D eigenvalue weighted by molar-refractivity contribution is 7.90.